The number of carbonyl (C=O) groups excluding carboxylic acids is 7. The Balaban J connectivity index is 1.29. The summed E-state index contributed by atoms with van der Waals surface area (Å²) in [6.45, 7) is 0.625. The van der Waals surface area contributed by atoms with E-state index in [9.17, 15) is 33.6 Å². The van der Waals surface area contributed by atoms with Crippen molar-refractivity contribution in [3.63, 3.8) is 0 Å². The fourth-order valence-electron chi connectivity index (χ4n) is 7.80. The summed E-state index contributed by atoms with van der Waals surface area (Å²) in [6.07, 6.45) is 5.54. The lowest BCUT2D eigenvalue weighted by atomic mass is 9.78. The molecule has 2 fully saturated rings. The van der Waals surface area contributed by atoms with Crippen LogP contribution in [0.1, 0.15) is 92.1 Å². The zero-order chi connectivity index (χ0) is 42.9. The van der Waals surface area contributed by atoms with Gasteiger partial charge in [-0.15, -0.1) is 0 Å². The number of benzene rings is 3. The summed E-state index contributed by atoms with van der Waals surface area (Å²) >= 11 is 3.54. The van der Waals surface area contributed by atoms with Crippen molar-refractivity contribution in [3.05, 3.63) is 100 Å². The molecule has 3 atom stereocenters. The molecule has 6 amide bonds. The molecule has 5 rings (SSSR count). The fourth-order valence-corrected chi connectivity index (χ4v) is 8.25. The summed E-state index contributed by atoms with van der Waals surface area (Å²) in [5, 5.41) is 17.2. The number of hydrogen-bond acceptors (Lipinski definition) is 8. The minimum atomic E-state index is -0.977. The fraction of sp³-hybridized carbons (Fsp3) is 0.444. The average molecular weight is 888 g/mol. The average Bonchev–Trinajstić information content (AvgIpc) is 3.69. The van der Waals surface area contributed by atoms with E-state index in [1.165, 1.54) is 7.11 Å². The van der Waals surface area contributed by atoms with Crippen LogP contribution in [0.2, 0.25) is 0 Å². The van der Waals surface area contributed by atoms with E-state index in [4.69, 9.17) is 4.74 Å². The SMILES string of the molecule is COC(=O)[C@@H]1CCCCNC(=O)CCCNC(=O)[C@@H](Cc2ccc(NC(=O)[C@H](Cc3ccccc3Br)NC(=O)c3ccccc3)cc2)NC(=O)CC2(CCCC2)CC(=O)N1. The van der Waals surface area contributed by atoms with Crippen molar-refractivity contribution in [2.75, 3.05) is 25.5 Å². The molecular weight excluding hydrogens is 832 g/mol. The second kappa shape index (κ2) is 22.7. The topological polar surface area (TPSA) is 201 Å². The molecule has 320 valence electrons. The predicted molar refractivity (Wildman–Crippen MR) is 229 cm³/mol. The predicted octanol–water partition coefficient (Wildman–Crippen LogP) is 4.65. The lowest BCUT2D eigenvalue weighted by molar-refractivity contribution is -0.145. The van der Waals surface area contributed by atoms with E-state index < -0.39 is 41.3 Å². The van der Waals surface area contributed by atoms with Crippen LogP contribution in [0, 0.1) is 5.41 Å². The highest BCUT2D eigenvalue weighted by Gasteiger charge is 2.39. The number of hydrogen-bond donors (Lipinski definition) is 6. The molecule has 1 saturated carbocycles. The number of carbonyl (C=O) groups is 7. The lowest BCUT2D eigenvalue weighted by Gasteiger charge is -2.29. The molecule has 0 bridgehead atoms. The van der Waals surface area contributed by atoms with Crippen molar-refractivity contribution in [3.8, 4) is 0 Å². The molecule has 6 N–H and O–H groups in total. The van der Waals surface area contributed by atoms with Gasteiger partial charge in [0, 0.05) is 60.9 Å². The van der Waals surface area contributed by atoms with Gasteiger partial charge in [0.1, 0.15) is 18.1 Å². The van der Waals surface area contributed by atoms with Crippen molar-refractivity contribution in [1.29, 1.82) is 0 Å². The Morgan fingerprint density at radius 2 is 1.45 bits per heavy atom. The number of anilines is 1. The highest BCUT2D eigenvalue weighted by molar-refractivity contribution is 9.10. The number of esters is 1. The Hall–Kier alpha value is -5.57. The van der Waals surface area contributed by atoms with E-state index in [2.05, 4.69) is 47.8 Å². The summed E-state index contributed by atoms with van der Waals surface area (Å²) in [5.74, 6) is -2.67. The van der Waals surface area contributed by atoms with Crippen molar-refractivity contribution >= 4 is 63.0 Å². The third-order valence-corrected chi connectivity index (χ3v) is 11.8. The minimum Gasteiger partial charge on any atom is -0.467 e. The number of amides is 6. The maximum Gasteiger partial charge on any atom is 0.328 e. The van der Waals surface area contributed by atoms with Gasteiger partial charge in [0.2, 0.25) is 29.5 Å². The Labute approximate surface area is 359 Å². The summed E-state index contributed by atoms with van der Waals surface area (Å²) < 4.78 is 5.75. The molecule has 15 heteroatoms. The molecule has 1 heterocycles. The van der Waals surface area contributed by atoms with Gasteiger partial charge in [0.05, 0.1) is 7.11 Å². The van der Waals surface area contributed by atoms with Gasteiger partial charge >= 0.3 is 5.97 Å². The van der Waals surface area contributed by atoms with E-state index in [0.29, 0.717) is 61.9 Å². The molecule has 0 unspecified atom stereocenters. The normalized spacial score (nSPS) is 20.0. The maximum absolute atomic E-state index is 13.8. The number of methoxy groups -OCH3 is 1. The first-order valence-electron chi connectivity index (χ1n) is 20.6. The van der Waals surface area contributed by atoms with Crippen molar-refractivity contribution in [1.82, 2.24) is 26.6 Å². The zero-order valence-corrected chi connectivity index (χ0v) is 35.6. The standard InChI is InChI=1S/C45H55BrN6O8/c1-60-44(59)35-16-7-10-24-47-38(53)17-11-25-48-42(57)36(51-40(55)29-45(22-8-9-23-45)28-39(54)50-35)26-30-18-20-33(21-19-30)49-43(58)37(27-32-14-5-6-15-34(32)46)52-41(56)31-12-3-2-4-13-31/h2-6,12-15,18-21,35-37H,7-11,16-17,22-29H2,1H3,(H,47,53)(H,48,57)(H,49,58)(H,50,54)(H,51,55)(H,52,56)/t35-,36+,37-/m0/s1. The number of halogens is 1. The smallest absolute Gasteiger partial charge is 0.328 e. The second-order valence-electron chi connectivity index (χ2n) is 15.6. The van der Waals surface area contributed by atoms with Gasteiger partial charge in [0.15, 0.2) is 0 Å². The lowest BCUT2D eigenvalue weighted by Crippen LogP contribution is -2.49. The monoisotopic (exact) mass is 886 g/mol. The number of ether oxygens (including phenoxy) is 1. The van der Waals surface area contributed by atoms with Crippen LogP contribution in [0.15, 0.2) is 83.3 Å². The quantitative estimate of drug-likeness (QED) is 0.167. The summed E-state index contributed by atoms with van der Waals surface area (Å²) in [6, 6.07) is 20.3. The molecule has 60 heavy (non-hydrogen) atoms. The van der Waals surface area contributed by atoms with Gasteiger partial charge in [-0.1, -0.05) is 77.3 Å². The molecule has 1 aliphatic heterocycles. The number of rotatable bonds is 9. The van der Waals surface area contributed by atoms with Crippen LogP contribution in [-0.4, -0.2) is 79.7 Å². The molecular formula is C45H55BrN6O8. The first kappa shape index (κ1) is 45.5. The van der Waals surface area contributed by atoms with E-state index >= 15 is 0 Å². The van der Waals surface area contributed by atoms with Crippen molar-refractivity contribution < 1.29 is 38.3 Å². The van der Waals surface area contributed by atoms with Gasteiger partial charge in [-0.25, -0.2) is 4.79 Å². The summed E-state index contributed by atoms with van der Waals surface area (Å²) in [7, 11) is 1.27. The van der Waals surface area contributed by atoms with E-state index in [1.54, 1.807) is 54.6 Å². The van der Waals surface area contributed by atoms with Crippen LogP contribution >= 0.6 is 15.9 Å². The molecule has 2 aliphatic rings. The molecule has 0 aromatic heterocycles. The Bertz CT molecular complexity index is 1970. The molecule has 1 saturated heterocycles. The van der Waals surface area contributed by atoms with Crippen LogP contribution in [0.25, 0.3) is 0 Å². The van der Waals surface area contributed by atoms with Crippen molar-refractivity contribution in [2.45, 2.75) is 102 Å². The van der Waals surface area contributed by atoms with Crippen LogP contribution < -0.4 is 31.9 Å². The van der Waals surface area contributed by atoms with Crippen LogP contribution in [0.5, 0.6) is 0 Å². The Kier molecular flexibility index (Phi) is 17.2. The molecule has 0 radical (unpaired) electrons. The minimum absolute atomic E-state index is 0.0275. The summed E-state index contributed by atoms with van der Waals surface area (Å²) in [4.78, 5) is 92.6. The summed E-state index contributed by atoms with van der Waals surface area (Å²) in [5.41, 5.74) is 1.80. The molecule has 3 aromatic rings. The van der Waals surface area contributed by atoms with E-state index in [0.717, 1.165) is 22.9 Å². The molecule has 1 aliphatic carbocycles. The van der Waals surface area contributed by atoms with Crippen molar-refractivity contribution in [2.24, 2.45) is 5.41 Å². The Morgan fingerprint density at radius 1 is 0.783 bits per heavy atom. The zero-order valence-electron chi connectivity index (χ0n) is 34.0. The van der Waals surface area contributed by atoms with E-state index in [1.807, 2.05) is 24.3 Å². The highest BCUT2D eigenvalue weighted by Crippen LogP contribution is 2.44. The second-order valence-corrected chi connectivity index (χ2v) is 16.5. The van der Waals surface area contributed by atoms with Gasteiger partial charge < -0.3 is 36.6 Å². The van der Waals surface area contributed by atoms with E-state index in [-0.39, 0.29) is 62.3 Å². The van der Waals surface area contributed by atoms with Gasteiger partial charge in [-0.2, -0.15) is 0 Å². The number of nitrogens with one attached hydrogen (secondary N) is 6. The highest BCUT2D eigenvalue weighted by atomic mass is 79.9. The maximum atomic E-state index is 13.8. The Morgan fingerprint density at radius 3 is 2.15 bits per heavy atom. The third-order valence-electron chi connectivity index (χ3n) is 11.0. The molecule has 1 spiro atoms. The van der Waals surface area contributed by atoms with Crippen LogP contribution in [-0.2, 0) is 46.3 Å². The molecule has 3 aromatic carbocycles. The largest absolute Gasteiger partial charge is 0.467 e. The van der Waals surface area contributed by atoms with Gasteiger partial charge in [-0.3, -0.25) is 28.8 Å². The third kappa shape index (κ3) is 14.0. The van der Waals surface area contributed by atoms with Crippen LogP contribution in [0.4, 0.5) is 5.69 Å². The van der Waals surface area contributed by atoms with Gasteiger partial charge in [-0.05, 0) is 85.4 Å². The van der Waals surface area contributed by atoms with Crippen LogP contribution in [0.3, 0.4) is 0 Å². The first-order valence-corrected chi connectivity index (χ1v) is 21.4. The first-order chi connectivity index (χ1) is 28.9. The molecule has 14 nitrogen and oxygen atoms in total. The van der Waals surface area contributed by atoms with Gasteiger partial charge in [0.25, 0.3) is 5.91 Å².